The van der Waals surface area contributed by atoms with Crippen LogP contribution in [0.15, 0.2) is 47.6 Å². The van der Waals surface area contributed by atoms with Crippen molar-refractivity contribution < 1.29 is 4.74 Å². The van der Waals surface area contributed by atoms with Gasteiger partial charge in [-0.05, 0) is 23.6 Å². The standard InChI is InChI=1S/C18H24N4O.HI/c1-4-14-8-5-6-9-15(14)12-21-18(19-2)22-13-16-10-7-11-20-17(16)23-3;/h5-11H,4,12-13H2,1-3H3,(H2,19,21,22);1H. The maximum Gasteiger partial charge on any atom is 0.218 e. The van der Waals surface area contributed by atoms with Crippen molar-refractivity contribution in [3.8, 4) is 5.88 Å². The van der Waals surface area contributed by atoms with Crippen LogP contribution >= 0.6 is 24.0 Å². The number of methoxy groups -OCH3 is 1. The molecule has 2 rings (SSSR count). The number of rotatable bonds is 6. The highest BCUT2D eigenvalue weighted by Crippen LogP contribution is 2.13. The van der Waals surface area contributed by atoms with Gasteiger partial charge in [0.05, 0.1) is 7.11 Å². The molecule has 0 saturated heterocycles. The summed E-state index contributed by atoms with van der Waals surface area (Å²) in [7, 11) is 3.39. The lowest BCUT2D eigenvalue weighted by Gasteiger charge is -2.14. The lowest BCUT2D eigenvalue weighted by molar-refractivity contribution is 0.392. The zero-order valence-electron chi connectivity index (χ0n) is 14.4. The van der Waals surface area contributed by atoms with Crippen molar-refractivity contribution in [1.29, 1.82) is 0 Å². The number of nitrogens with one attached hydrogen (secondary N) is 2. The number of halogens is 1. The summed E-state index contributed by atoms with van der Waals surface area (Å²) in [6.07, 6.45) is 2.74. The molecule has 0 aliphatic rings. The number of ether oxygens (including phenoxy) is 1. The van der Waals surface area contributed by atoms with Gasteiger partial charge < -0.3 is 15.4 Å². The third-order valence-corrected chi connectivity index (χ3v) is 3.66. The first-order valence-corrected chi connectivity index (χ1v) is 7.77. The second-order valence-corrected chi connectivity index (χ2v) is 5.07. The van der Waals surface area contributed by atoms with E-state index in [0.717, 1.165) is 24.5 Å². The van der Waals surface area contributed by atoms with Gasteiger partial charge in [0.15, 0.2) is 5.96 Å². The van der Waals surface area contributed by atoms with Crippen molar-refractivity contribution in [2.24, 2.45) is 4.99 Å². The average molecular weight is 440 g/mol. The molecule has 0 unspecified atom stereocenters. The van der Waals surface area contributed by atoms with Gasteiger partial charge in [0.25, 0.3) is 0 Å². The second kappa shape index (κ2) is 10.9. The van der Waals surface area contributed by atoms with E-state index in [2.05, 4.69) is 51.8 Å². The van der Waals surface area contributed by atoms with E-state index in [1.807, 2.05) is 12.1 Å². The minimum atomic E-state index is 0. The maximum atomic E-state index is 5.26. The smallest absolute Gasteiger partial charge is 0.218 e. The van der Waals surface area contributed by atoms with Crippen molar-refractivity contribution in [3.63, 3.8) is 0 Å². The summed E-state index contributed by atoms with van der Waals surface area (Å²) >= 11 is 0. The minimum Gasteiger partial charge on any atom is -0.481 e. The number of pyridine rings is 1. The van der Waals surface area contributed by atoms with E-state index in [1.54, 1.807) is 20.4 Å². The lowest BCUT2D eigenvalue weighted by atomic mass is 10.1. The van der Waals surface area contributed by atoms with Gasteiger partial charge in [-0.1, -0.05) is 37.3 Å². The number of aromatic nitrogens is 1. The normalized spacial score (nSPS) is 10.7. The number of aryl methyl sites for hydroxylation is 1. The Kier molecular flexibility index (Phi) is 9.14. The van der Waals surface area contributed by atoms with Crippen LogP contribution in [0.2, 0.25) is 0 Å². The van der Waals surface area contributed by atoms with Crippen LogP contribution in [0.5, 0.6) is 5.88 Å². The highest BCUT2D eigenvalue weighted by Gasteiger charge is 2.05. The van der Waals surface area contributed by atoms with Gasteiger partial charge in [0.1, 0.15) is 0 Å². The van der Waals surface area contributed by atoms with Gasteiger partial charge in [-0.3, -0.25) is 4.99 Å². The predicted molar refractivity (Wildman–Crippen MR) is 109 cm³/mol. The molecular weight excluding hydrogens is 415 g/mol. The predicted octanol–water partition coefficient (Wildman–Crippen LogP) is 3.14. The Morgan fingerprint density at radius 1 is 1.04 bits per heavy atom. The highest BCUT2D eigenvalue weighted by atomic mass is 127. The van der Waals surface area contributed by atoms with Crippen LogP contribution in [0.1, 0.15) is 23.6 Å². The number of nitrogens with zero attached hydrogens (tertiary/aromatic N) is 2. The fraction of sp³-hybridized carbons (Fsp3) is 0.333. The molecule has 6 heteroatoms. The molecular formula is C18H25IN4O. The van der Waals surface area contributed by atoms with E-state index in [1.165, 1.54) is 11.1 Å². The molecule has 0 atom stereocenters. The Balaban J connectivity index is 0.00000288. The molecule has 1 heterocycles. The molecule has 24 heavy (non-hydrogen) atoms. The van der Waals surface area contributed by atoms with E-state index in [4.69, 9.17) is 4.74 Å². The SMILES string of the molecule is CCc1ccccc1CNC(=NC)NCc1cccnc1OC.I. The zero-order chi connectivity index (χ0) is 16.5. The first-order chi connectivity index (χ1) is 11.3. The molecule has 5 nitrogen and oxygen atoms in total. The fourth-order valence-corrected chi connectivity index (χ4v) is 2.40. The van der Waals surface area contributed by atoms with Crippen molar-refractivity contribution in [2.45, 2.75) is 26.4 Å². The van der Waals surface area contributed by atoms with E-state index in [0.29, 0.717) is 12.4 Å². The maximum absolute atomic E-state index is 5.26. The summed E-state index contributed by atoms with van der Waals surface area (Å²) in [5.41, 5.74) is 3.63. The second-order valence-electron chi connectivity index (χ2n) is 5.07. The Bertz CT molecular complexity index is 607. The van der Waals surface area contributed by atoms with Gasteiger partial charge >= 0.3 is 0 Å². The van der Waals surface area contributed by atoms with E-state index < -0.39 is 0 Å². The number of hydrogen-bond acceptors (Lipinski definition) is 3. The molecule has 1 aromatic heterocycles. The van der Waals surface area contributed by atoms with Gasteiger partial charge in [-0.2, -0.15) is 0 Å². The molecule has 0 fully saturated rings. The van der Waals surface area contributed by atoms with Crippen LogP contribution in [-0.2, 0) is 19.5 Å². The molecule has 130 valence electrons. The Morgan fingerprint density at radius 3 is 2.29 bits per heavy atom. The third-order valence-electron chi connectivity index (χ3n) is 3.66. The molecule has 0 saturated carbocycles. The van der Waals surface area contributed by atoms with Crippen LogP contribution in [0.3, 0.4) is 0 Å². The minimum absolute atomic E-state index is 0. The van der Waals surface area contributed by atoms with Crippen LogP contribution in [0, 0.1) is 0 Å². The van der Waals surface area contributed by atoms with Gasteiger partial charge in [0.2, 0.25) is 5.88 Å². The molecule has 0 aliphatic heterocycles. The van der Waals surface area contributed by atoms with E-state index in [-0.39, 0.29) is 24.0 Å². The molecule has 0 amide bonds. The van der Waals surface area contributed by atoms with Crippen LogP contribution < -0.4 is 15.4 Å². The summed E-state index contributed by atoms with van der Waals surface area (Å²) < 4.78 is 5.26. The van der Waals surface area contributed by atoms with Gasteiger partial charge in [0, 0.05) is 31.9 Å². The third kappa shape index (κ3) is 5.67. The number of hydrogen-bond donors (Lipinski definition) is 2. The van der Waals surface area contributed by atoms with Gasteiger partial charge in [-0.25, -0.2) is 4.98 Å². The summed E-state index contributed by atoms with van der Waals surface area (Å²) in [4.78, 5) is 8.46. The van der Waals surface area contributed by atoms with Crippen LogP contribution in [0.4, 0.5) is 0 Å². The van der Waals surface area contributed by atoms with Crippen molar-refractivity contribution >= 4 is 29.9 Å². The summed E-state index contributed by atoms with van der Waals surface area (Å²) in [5, 5.41) is 6.63. The number of benzene rings is 1. The molecule has 2 aromatic rings. The highest BCUT2D eigenvalue weighted by molar-refractivity contribution is 14.0. The van der Waals surface area contributed by atoms with Crippen molar-refractivity contribution in [2.75, 3.05) is 14.2 Å². The molecule has 0 aliphatic carbocycles. The van der Waals surface area contributed by atoms with E-state index >= 15 is 0 Å². The topological polar surface area (TPSA) is 58.5 Å². The molecule has 0 spiro atoms. The average Bonchev–Trinajstić information content (AvgIpc) is 2.62. The lowest BCUT2D eigenvalue weighted by Crippen LogP contribution is -2.36. The monoisotopic (exact) mass is 440 g/mol. The van der Waals surface area contributed by atoms with Gasteiger partial charge in [-0.15, -0.1) is 24.0 Å². The zero-order valence-corrected chi connectivity index (χ0v) is 16.7. The van der Waals surface area contributed by atoms with Crippen LogP contribution in [0.25, 0.3) is 0 Å². The van der Waals surface area contributed by atoms with Crippen LogP contribution in [-0.4, -0.2) is 25.1 Å². The molecule has 0 bridgehead atoms. The molecule has 0 radical (unpaired) electrons. The Morgan fingerprint density at radius 2 is 1.67 bits per heavy atom. The summed E-state index contributed by atoms with van der Waals surface area (Å²) in [6, 6.07) is 12.3. The largest absolute Gasteiger partial charge is 0.481 e. The Hall–Kier alpha value is -1.83. The first kappa shape index (κ1) is 20.2. The molecule has 2 N–H and O–H groups in total. The number of aliphatic imine (C=N–C) groups is 1. The molecule has 1 aromatic carbocycles. The summed E-state index contributed by atoms with van der Waals surface area (Å²) in [5.74, 6) is 1.38. The fourth-order valence-electron chi connectivity index (χ4n) is 2.40. The summed E-state index contributed by atoms with van der Waals surface area (Å²) in [6.45, 7) is 3.51. The first-order valence-electron chi connectivity index (χ1n) is 7.77. The Labute approximate surface area is 161 Å². The number of guanidine groups is 1. The van der Waals surface area contributed by atoms with Crippen molar-refractivity contribution in [1.82, 2.24) is 15.6 Å². The van der Waals surface area contributed by atoms with Crippen molar-refractivity contribution in [3.05, 3.63) is 59.3 Å². The quantitative estimate of drug-likeness (QED) is 0.412. The van der Waals surface area contributed by atoms with E-state index in [9.17, 15) is 0 Å².